The van der Waals surface area contributed by atoms with E-state index in [1.54, 1.807) is 17.0 Å². The van der Waals surface area contributed by atoms with Crippen molar-refractivity contribution in [2.75, 3.05) is 57.2 Å². The van der Waals surface area contributed by atoms with Crippen LogP contribution in [0.1, 0.15) is 5.56 Å². The number of ether oxygens (including phenoxy) is 2. The number of fused-ring (bicyclic) bond motifs is 1. The number of benzene rings is 2. The van der Waals surface area contributed by atoms with E-state index >= 15 is 0 Å². The van der Waals surface area contributed by atoms with E-state index in [0.29, 0.717) is 42.7 Å². The van der Waals surface area contributed by atoms with Gasteiger partial charge in [0.1, 0.15) is 11.3 Å². The lowest BCUT2D eigenvalue weighted by Crippen LogP contribution is -2.44. The van der Waals surface area contributed by atoms with Crippen molar-refractivity contribution < 1.29 is 22.7 Å². The van der Waals surface area contributed by atoms with E-state index in [-0.39, 0.29) is 17.4 Å². The standard InChI is InChI=1S/C23H27N3O5S2/c1-17-5-3-6-18(15-17)31-16-21(27)26(10-9-25-11-13-30-14-12-25)23-24-22-19(32-23)7-4-8-20(22)33(2,28)29/h3-8,15H,9-14,16H2,1-2H3. The Balaban J connectivity index is 1.59. The highest BCUT2D eigenvalue weighted by Crippen LogP contribution is 2.32. The average molecular weight is 490 g/mol. The van der Waals surface area contributed by atoms with Crippen LogP contribution in [0.15, 0.2) is 47.4 Å². The quantitative estimate of drug-likeness (QED) is 0.481. The zero-order valence-electron chi connectivity index (χ0n) is 18.7. The van der Waals surface area contributed by atoms with Crippen LogP contribution in [0.5, 0.6) is 5.75 Å². The molecule has 1 aromatic heterocycles. The zero-order valence-corrected chi connectivity index (χ0v) is 20.3. The second kappa shape index (κ2) is 10.2. The van der Waals surface area contributed by atoms with Crippen molar-refractivity contribution in [1.82, 2.24) is 9.88 Å². The number of morpholine rings is 1. The van der Waals surface area contributed by atoms with Gasteiger partial charge in [0, 0.05) is 32.4 Å². The highest BCUT2D eigenvalue weighted by atomic mass is 32.2. The number of anilines is 1. The average Bonchev–Trinajstić information content (AvgIpc) is 3.21. The fraction of sp³-hybridized carbons (Fsp3) is 0.391. The molecule has 0 atom stereocenters. The first-order valence-corrected chi connectivity index (χ1v) is 13.4. The smallest absolute Gasteiger partial charge is 0.266 e. The number of hydrogen-bond donors (Lipinski definition) is 0. The van der Waals surface area contributed by atoms with E-state index in [9.17, 15) is 13.2 Å². The number of carbonyl (C=O) groups excluding carboxylic acids is 1. The van der Waals surface area contributed by atoms with Crippen molar-refractivity contribution in [2.45, 2.75) is 11.8 Å². The molecule has 0 aliphatic carbocycles. The van der Waals surface area contributed by atoms with Gasteiger partial charge in [0.05, 0.1) is 22.8 Å². The molecule has 0 unspecified atom stereocenters. The lowest BCUT2D eigenvalue weighted by Gasteiger charge is -2.29. The number of rotatable bonds is 8. The number of amides is 1. The Kier molecular flexibility index (Phi) is 7.28. The highest BCUT2D eigenvalue weighted by Gasteiger charge is 2.24. The van der Waals surface area contributed by atoms with Crippen LogP contribution < -0.4 is 9.64 Å². The normalized spacial score (nSPS) is 15.0. The molecule has 3 aromatic rings. The molecular formula is C23H27N3O5S2. The Labute approximate surface area is 197 Å². The van der Waals surface area contributed by atoms with Crippen LogP contribution in [0.2, 0.25) is 0 Å². The number of nitrogens with zero attached hydrogens (tertiary/aromatic N) is 3. The fourth-order valence-electron chi connectivity index (χ4n) is 3.65. The molecule has 0 radical (unpaired) electrons. The SMILES string of the molecule is Cc1cccc(OCC(=O)N(CCN2CCOCC2)c2nc3c(S(C)(=O)=O)cccc3s2)c1. The van der Waals surface area contributed by atoms with Crippen molar-refractivity contribution in [3.63, 3.8) is 0 Å². The Morgan fingerprint density at radius 2 is 1.97 bits per heavy atom. The van der Waals surface area contributed by atoms with Gasteiger partial charge >= 0.3 is 0 Å². The molecule has 176 valence electrons. The van der Waals surface area contributed by atoms with Gasteiger partial charge < -0.3 is 9.47 Å². The van der Waals surface area contributed by atoms with Crippen LogP contribution in [-0.2, 0) is 19.4 Å². The molecule has 8 nitrogen and oxygen atoms in total. The molecule has 1 saturated heterocycles. The number of aryl methyl sites for hydroxylation is 1. The molecule has 0 saturated carbocycles. The number of thiazole rings is 1. The van der Waals surface area contributed by atoms with Crippen LogP contribution in [-0.4, -0.2) is 76.5 Å². The van der Waals surface area contributed by atoms with Crippen molar-refractivity contribution in [3.8, 4) is 5.75 Å². The van der Waals surface area contributed by atoms with Crippen molar-refractivity contribution >= 4 is 42.4 Å². The van der Waals surface area contributed by atoms with E-state index in [2.05, 4.69) is 9.88 Å². The number of sulfone groups is 1. The van der Waals surface area contributed by atoms with E-state index in [1.165, 1.54) is 11.3 Å². The molecule has 33 heavy (non-hydrogen) atoms. The predicted molar refractivity (Wildman–Crippen MR) is 129 cm³/mol. The van der Waals surface area contributed by atoms with Crippen molar-refractivity contribution in [3.05, 3.63) is 48.0 Å². The second-order valence-corrected chi connectivity index (χ2v) is 11.0. The van der Waals surface area contributed by atoms with E-state index < -0.39 is 9.84 Å². The van der Waals surface area contributed by atoms with Crippen molar-refractivity contribution in [2.24, 2.45) is 0 Å². The summed E-state index contributed by atoms with van der Waals surface area (Å²) in [5, 5.41) is 0.465. The monoisotopic (exact) mass is 489 g/mol. The summed E-state index contributed by atoms with van der Waals surface area (Å²) in [4.78, 5) is 21.8. The molecule has 0 spiro atoms. The highest BCUT2D eigenvalue weighted by molar-refractivity contribution is 7.91. The van der Waals surface area contributed by atoms with Crippen molar-refractivity contribution in [1.29, 1.82) is 0 Å². The predicted octanol–water partition coefficient (Wildman–Crippen LogP) is 2.75. The van der Waals surface area contributed by atoms with Crippen LogP contribution in [0, 0.1) is 6.92 Å². The molecule has 1 fully saturated rings. The number of carbonyl (C=O) groups is 1. The Morgan fingerprint density at radius 3 is 2.70 bits per heavy atom. The maximum absolute atomic E-state index is 13.2. The minimum atomic E-state index is -3.45. The van der Waals surface area contributed by atoms with Crippen LogP contribution in [0.4, 0.5) is 5.13 Å². The summed E-state index contributed by atoms with van der Waals surface area (Å²) in [5.41, 5.74) is 1.44. The molecule has 1 aliphatic rings. The molecule has 1 amide bonds. The maximum atomic E-state index is 13.2. The third kappa shape index (κ3) is 5.89. The lowest BCUT2D eigenvalue weighted by atomic mass is 10.2. The Bertz CT molecular complexity index is 1240. The van der Waals surface area contributed by atoms with E-state index in [4.69, 9.17) is 9.47 Å². The molecule has 2 heterocycles. The summed E-state index contributed by atoms with van der Waals surface area (Å²) in [6.07, 6.45) is 1.16. The van der Waals surface area contributed by atoms with Crippen LogP contribution in [0.25, 0.3) is 10.2 Å². The fourth-order valence-corrected chi connectivity index (χ4v) is 5.58. The van der Waals surface area contributed by atoms with Gasteiger partial charge in [-0.1, -0.05) is 29.5 Å². The minimum absolute atomic E-state index is 0.137. The number of para-hydroxylation sites is 1. The Morgan fingerprint density at radius 1 is 1.21 bits per heavy atom. The van der Waals surface area contributed by atoms with Gasteiger partial charge in [-0.2, -0.15) is 0 Å². The van der Waals surface area contributed by atoms with Gasteiger partial charge in [0.25, 0.3) is 5.91 Å². The van der Waals surface area contributed by atoms with Gasteiger partial charge in [0.15, 0.2) is 21.6 Å². The topological polar surface area (TPSA) is 89.0 Å². The third-order valence-corrected chi connectivity index (χ3v) is 7.57. The molecule has 2 aromatic carbocycles. The molecular weight excluding hydrogens is 462 g/mol. The van der Waals surface area contributed by atoms with Crippen LogP contribution >= 0.6 is 11.3 Å². The van der Waals surface area contributed by atoms with E-state index in [0.717, 1.165) is 29.6 Å². The van der Waals surface area contributed by atoms with Gasteiger partial charge in [-0.05, 0) is 36.8 Å². The second-order valence-electron chi connectivity index (χ2n) is 7.98. The maximum Gasteiger partial charge on any atom is 0.266 e. The lowest BCUT2D eigenvalue weighted by molar-refractivity contribution is -0.120. The summed E-state index contributed by atoms with van der Waals surface area (Å²) in [5.74, 6) is 0.393. The van der Waals surface area contributed by atoms with Gasteiger partial charge in [-0.15, -0.1) is 0 Å². The van der Waals surface area contributed by atoms with Gasteiger partial charge in [-0.25, -0.2) is 13.4 Å². The summed E-state index contributed by atoms with van der Waals surface area (Å²) in [7, 11) is -3.45. The first kappa shape index (κ1) is 23.6. The van der Waals surface area contributed by atoms with Gasteiger partial charge in [-0.3, -0.25) is 14.6 Å². The molecule has 10 heteroatoms. The third-order valence-electron chi connectivity index (χ3n) is 5.40. The summed E-state index contributed by atoms with van der Waals surface area (Å²) in [6, 6.07) is 12.6. The minimum Gasteiger partial charge on any atom is -0.484 e. The Hall–Kier alpha value is -2.53. The van der Waals surface area contributed by atoms with E-state index in [1.807, 2.05) is 37.3 Å². The molecule has 0 bridgehead atoms. The largest absolute Gasteiger partial charge is 0.484 e. The summed E-state index contributed by atoms with van der Waals surface area (Å²) < 4.78 is 36.3. The number of hydrogen-bond acceptors (Lipinski definition) is 8. The summed E-state index contributed by atoms with van der Waals surface area (Å²) >= 11 is 1.31. The first-order valence-electron chi connectivity index (χ1n) is 10.7. The molecule has 0 N–H and O–H groups in total. The van der Waals surface area contributed by atoms with Gasteiger partial charge in [0.2, 0.25) is 0 Å². The molecule has 4 rings (SSSR count). The summed E-state index contributed by atoms with van der Waals surface area (Å²) in [6.45, 7) is 5.86. The van der Waals surface area contributed by atoms with Crippen LogP contribution in [0.3, 0.4) is 0 Å². The zero-order chi connectivity index (χ0) is 23.4. The number of aromatic nitrogens is 1. The molecule has 1 aliphatic heterocycles. The first-order chi connectivity index (χ1) is 15.8.